The molecule has 0 aromatic rings. The Bertz CT molecular complexity index is 262. The van der Waals surface area contributed by atoms with E-state index < -0.39 is 0 Å². The average Bonchev–Trinajstić information content (AvgIpc) is 2.56. The second kappa shape index (κ2) is 7.88. The van der Waals surface area contributed by atoms with Crippen LogP contribution >= 0.6 is 0 Å². The zero-order valence-corrected chi connectivity index (χ0v) is 13.2. The fraction of sp³-hybridized carbons (Fsp3) is 0.938. The third-order valence-corrected chi connectivity index (χ3v) is 4.43. The summed E-state index contributed by atoms with van der Waals surface area (Å²) >= 11 is 0. The Morgan fingerprint density at radius 1 is 1.16 bits per heavy atom. The number of carbonyl (C=O) groups excluding carboxylic acids is 1. The minimum absolute atomic E-state index is 0.160. The summed E-state index contributed by atoms with van der Waals surface area (Å²) in [6.07, 6.45) is 7.49. The van der Waals surface area contributed by atoms with Crippen molar-refractivity contribution in [3.8, 4) is 0 Å². The van der Waals surface area contributed by atoms with Gasteiger partial charge in [-0.1, -0.05) is 53.4 Å². The first-order chi connectivity index (χ1) is 8.89. The zero-order valence-electron chi connectivity index (χ0n) is 13.2. The van der Waals surface area contributed by atoms with E-state index in [1.165, 1.54) is 25.7 Å². The van der Waals surface area contributed by atoms with E-state index >= 15 is 0 Å². The zero-order chi connectivity index (χ0) is 14.3. The van der Waals surface area contributed by atoms with Gasteiger partial charge in [0, 0.05) is 6.04 Å². The fourth-order valence-electron chi connectivity index (χ4n) is 2.41. The SMILES string of the molecule is CC(CNCC(=O)NC1CCCCCC1)C(C)(C)C. The standard InChI is InChI=1S/C16H32N2O/c1-13(16(2,3)4)11-17-12-15(19)18-14-9-7-5-6-8-10-14/h13-14,17H,5-12H2,1-4H3,(H,18,19). The first-order valence-corrected chi connectivity index (χ1v) is 7.89. The maximum absolute atomic E-state index is 11.9. The number of hydrogen-bond acceptors (Lipinski definition) is 2. The molecule has 1 saturated carbocycles. The normalized spacial score (nSPS) is 19.8. The molecule has 1 fully saturated rings. The summed E-state index contributed by atoms with van der Waals surface area (Å²) in [5.41, 5.74) is 0.296. The molecule has 0 bridgehead atoms. The highest BCUT2D eigenvalue weighted by Gasteiger charge is 2.20. The van der Waals surface area contributed by atoms with Crippen molar-refractivity contribution in [2.75, 3.05) is 13.1 Å². The van der Waals surface area contributed by atoms with Crippen LogP contribution in [-0.2, 0) is 4.79 Å². The van der Waals surface area contributed by atoms with Gasteiger partial charge in [0.15, 0.2) is 0 Å². The highest BCUT2D eigenvalue weighted by molar-refractivity contribution is 5.78. The predicted molar refractivity (Wildman–Crippen MR) is 81.1 cm³/mol. The topological polar surface area (TPSA) is 41.1 Å². The molecule has 19 heavy (non-hydrogen) atoms. The van der Waals surface area contributed by atoms with E-state index in [9.17, 15) is 4.79 Å². The second-order valence-electron chi connectivity index (χ2n) is 7.15. The minimum atomic E-state index is 0.160. The van der Waals surface area contributed by atoms with Crippen molar-refractivity contribution in [2.24, 2.45) is 11.3 Å². The van der Waals surface area contributed by atoms with Crippen LogP contribution in [-0.4, -0.2) is 25.0 Å². The Morgan fingerprint density at radius 3 is 2.26 bits per heavy atom. The summed E-state index contributed by atoms with van der Waals surface area (Å²) in [7, 11) is 0. The minimum Gasteiger partial charge on any atom is -0.352 e. The van der Waals surface area contributed by atoms with Crippen LogP contribution in [0.15, 0.2) is 0 Å². The van der Waals surface area contributed by atoms with Crippen molar-refractivity contribution in [3.05, 3.63) is 0 Å². The van der Waals surface area contributed by atoms with E-state index in [0.717, 1.165) is 19.4 Å². The maximum Gasteiger partial charge on any atom is 0.234 e. The predicted octanol–water partition coefficient (Wildman–Crippen LogP) is 3.10. The largest absolute Gasteiger partial charge is 0.352 e. The first kappa shape index (κ1) is 16.5. The molecule has 0 saturated heterocycles. The average molecular weight is 268 g/mol. The molecule has 0 aromatic heterocycles. The lowest BCUT2D eigenvalue weighted by molar-refractivity contribution is -0.121. The monoisotopic (exact) mass is 268 g/mol. The molecular weight excluding hydrogens is 236 g/mol. The van der Waals surface area contributed by atoms with Crippen LogP contribution in [0.3, 0.4) is 0 Å². The van der Waals surface area contributed by atoms with Gasteiger partial charge in [0.1, 0.15) is 0 Å². The van der Waals surface area contributed by atoms with Gasteiger partial charge in [0.25, 0.3) is 0 Å². The summed E-state index contributed by atoms with van der Waals surface area (Å²) in [6, 6.07) is 0.414. The van der Waals surface area contributed by atoms with E-state index in [1.54, 1.807) is 0 Å². The summed E-state index contributed by atoms with van der Waals surface area (Å²) in [5, 5.41) is 6.45. The van der Waals surface area contributed by atoms with Gasteiger partial charge >= 0.3 is 0 Å². The van der Waals surface area contributed by atoms with Crippen molar-refractivity contribution in [2.45, 2.75) is 72.3 Å². The van der Waals surface area contributed by atoms with Gasteiger partial charge in [-0.3, -0.25) is 4.79 Å². The van der Waals surface area contributed by atoms with E-state index in [1.807, 2.05) is 0 Å². The Balaban J connectivity index is 2.17. The highest BCUT2D eigenvalue weighted by Crippen LogP contribution is 2.24. The van der Waals surface area contributed by atoms with Gasteiger partial charge in [-0.15, -0.1) is 0 Å². The highest BCUT2D eigenvalue weighted by atomic mass is 16.1. The smallest absolute Gasteiger partial charge is 0.234 e. The molecule has 2 N–H and O–H groups in total. The van der Waals surface area contributed by atoms with Crippen molar-refractivity contribution >= 4 is 5.91 Å². The van der Waals surface area contributed by atoms with Gasteiger partial charge < -0.3 is 10.6 Å². The van der Waals surface area contributed by atoms with Crippen LogP contribution in [0.25, 0.3) is 0 Å². The lowest BCUT2D eigenvalue weighted by atomic mass is 9.82. The molecular formula is C16H32N2O. The summed E-state index contributed by atoms with van der Waals surface area (Å²) in [4.78, 5) is 11.9. The number of hydrogen-bond donors (Lipinski definition) is 2. The van der Waals surface area contributed by atoms with Crippen LogP contribution in [0.2, 0.25) is 0 Å². The molecule has 0 aliphatic heterocycles. The van der Waals surface area contributed by atoms with Gasteiger partial charge in [-0.2, -0.15) is 0 Å². The molecule has 1 unspecified atom stereocenters. The Morgan fingerprint density at radius 2 is 1.74 bits per heavy atom. The molecule has 0 heterocycles. The summed E-state index contributed by atoms with van der Waals surface area (Å²) < 4.78 is 0. The lowest BCUT2D eigenvalue weighted by Gasteiger charge is -2.27. The third kappa shape index (κ3) is 6.95. The van der Waals surface area contributed by atoms with Crippen molar-refractivity contribution in [1.82, 2.24) is 10.6 Å². The summed E-state index contributed by atoms with van der Waals surface area (Å²) in [6.45, 7) is 10.3. The number of nitrogens with one attached hydrogen (secondary N) is 2. The first-order valence-electron chi connectivity index (χ1n) is 7.89. The van der Waals surface area contributed by atoms with E-state index in [0.29, 0.717) is 23.9 Å². The van der Waals surface area contributed by atoms with Crippen LogP contribution in [0, 0.1) is 11.3 Å². The second-order valence-corrected chi connectivity index (χ2v) is 7.15. The van der Waals surface area contributed by atoms with Gasteiger partial charge in [0.05, 0.1) is 6.54 Å². The number of amides is 1. The molecule has 1 atom stereocenters. The summed E-state index contributed by atoms with van der Waals surface area (Å²) in [5.74, 6) is 0.728. The molecule has 0 aromatic carbocycles. The van der Waals surface area contributed by atoms with E-state index in [4.69, 9.17) is 0 Å². The van der Waals surface area contributed by atoms with Gasteiger partial charge in [0.2, 0.25) is 5.91 Å². The van der Waals surface area contributed by atoms with Crippen LogP contribution in [0.5, 0.6) is 0 Å². The molecule has 112 valence electrons. The van der Waals surface area contributed by atoms with Crippen LogP contribution in [0.4, 0.5) is 0 Å². The van der Waals surface area contributed by atoms with Gasteiger partial charge in [-0.25, -0.2) is 0 Å². The third-order valence-electron chi connectivity index (χ3n) is 4.43. The Kier molecular flexibility index (Phi) is 6.84. The van der Waals surface area contributed by atoms with Crippen molar-refractivity contribution < 1.29 is 4.79 Å². The van der Waals surface area contributed by atoms with Gasteiger partial charge in [-0.05, 0) is 30.7 Å². The lowest BCUT2D eigenvalue weighted by Crippen LogP contribution is -2.42. The molecule has 1 aliphatic carbocycles. The number of carbonyl (C=O) groups is 1. The molecule has 1 aliphatic rings. The van der Waals surface area contributed by atoms with E-state index in [2.05, 4.69) is 38.3 Å². The Labute approximate surface area is 118 Å². The van der Waals surface area contributed by atoms with E-state index in [-0.39, 0.29) is 5.91 Å². The molecule has 0 radical (unpaired) electrons. The Hall–Kier alpha value is -0.570. The fourth-order valence-corrected chi connectivity index (χ4v) is 2.41. The quantitative estimate of drug-likeness (QED) is 0.752. The molecule has 3 heteroatoms. The van der Waals surface area contributed by atoms with Crippen molar-refractivity contribution in [3.63, 3.8) is 0 Å². The van der Waals surface area contributed by atoms with Crippen molar-refractivity contribution in [1.29, 1.82) is 0 Å². The number of rotatable bonds is 5. The molecule has 3 nitrogen and oxygen atoms in total. The molecule has 1 rings (SSSR count). The molecule has 1 amide bonds. The van der Waals surface area contributed by atoms with Crippen LogP contribution < -0.4 is 10.6 Å². The van der Waals surface area contributed by atoms with Crippen LogP contribution in [0.1, 0.15) is 66.2 Å². The maximum atomic E-state index is 11.9. The molecule has 0 spiro atoms.